The molecular formula is C19H31IN4O2. The molecule has 1 fully saturated rings. The lowest BCUT2D eigenvalue weighted by molar-refractivity contribution is 0.0529. The van der Waals surface area contributed by atoms with Crippen LogP contribution in [0.5, 0.6) is 0 Å². The number of amides is 1. The summed E-state index contributed by atoms with van der Waals surface area (Å²) in [6.45, 7) is 7.44. The van der Waals surface area contributed by atoms with Gasteiger partial charge in [0.15, 0.2) is 5.96 Å². The Hall–Kier alpha value is -1.51. The van der Waals surface area contributed by atoms with Gasteiger partial charge in [0.1, 0.15) is 5.60 Å². The number of hydrogen-bond acceptors (Lipinski definition) is 3. The molecule has 1 saturated carbocycles. The molecule has 0 aliphatic heterocycles. The van der Waals surface area contributed by atoms with Crippen LogP contribution < -0.4 is 16.0 Å². The van der Waals surface area contributed by atoms with Gasteiger partial charge in [-0.25, -0.2) is 4.79 Å². The van der Waals surface area contributed by atoms with E-state index >= 15 is 0 Å². The molecule has 6 nitrogen and oxygen atoms in total. The molecule has 0 saturated heterocycles. The van der Waals surface area contributed by atoms with Gasteiger partial charge in [-0.1, -0.05) is 30.3 Å². The average Bonchev–Trinajstić information content (AvgIpc) is 3.34. The molecule has 26 heavy (non-hydrogen) atoms. The highest BCUT2D eigenvalue weighted by Crippen LogP contribution is 2.47. The first-order valence-electron chi connectivity index (χ1n) is 8.82. The number of nitrogens with one attached hydrogen (secondary N) is 3. The van der Waals surface area contributed by atoms with Crippen molar-refractivity contribution in [1.29, 1.82) is 0 Å². The summed E-state index contributed by atoms with van der Waals surface area (Å²) in [6.07, 6.45) is 1.99. The second kappa shape index (κ2) is 9.99. The maximum Gasteiger partial charge on any atom is 0.407 e. The minimum absolute atomic E-state index is 0. The summed E-state index contributed by atoms with van der Waals surface area (Å²) in [7, 11) is 1.75. The number of carbonyl (C=O) groups excluding carboxylic acids is 1. The maximum absolute atomic E-state index is 11.6. The van der Waals surface area contributed by atoms with E-state index in [-0.39, 0.29) is 29.4 Å². The fourth-order valence-corrected chi connectivity index (χ4v) is 2.64. The van der Waals surface area contributed by atoms with Gasteiger partial charge in [0.25, 0.3) is 0 Å². The third-order valence-electron chi connectivity index (χ3n) is 4.14. The summed E-state index contributed by atoms with van der Waals surface area (Å²) < 4.78 is 5.20. The van der Waals surface area contributed by atoms with Gasteiger partial charge in [0.05, 0.1) is 0 Å². The number of carbonyl (C=O) groups is 1. The van der Waals surface area contributed by atoms with Crippen LogP contribution in [0.4, 0.5) is 4.79 Å². The van der Waals surface area contributed by atoms with Crippen LogP contribution in [0, 0.1) is 0 Å². The molecule has 0 bridgehead atoms. The topological polar surface area (TPSA) is 74.8 Å². The lowest BCUT2D eigenvalue weighted by Crippen LogP contribution is -2.44. The van der Waals surface area contributed by atoms with Crippen LogP contribution in [0.2, 0.25) is 0 Å². The number of aliphatic imine (C=N–C) groups is 1. The van der Waals surface area contributed by atoms with Gasteiger partial charge in [0.2, 0.25) is 0 Å². The lowest BCUT2D eigenvalue weighted by atomic mass is 9.96. The average molecular weight is 474 g/mol. The van der Waals surface area contributed by atoms with Crippen molar-refractivity contribution in [3.63, 3.8) is 0 Å². The van der Waals surface area contributed by atoms with Gasteiger partial charge in [-0.15, -0.1) is 24.0 Å². The summed E-state index contributed by atoms with van der Waals surface area (Å²) in [5.41, 5.74) is 1.13. The normalized spacial score (nSPS) is 15.5. The van der Waals surface area contributed by atoms with E-state index < -0.39 is 11.7 Å². The monoisotopic (exact) mass is 474 g/mol. The van der Waals surface area contributed by atoms with Crippen molar-refractivity contribution in [2.24, 2.45) is 4.99 Å². The van der Waals surface area contributed by atoms with Gasteiger partial charge in [-0.3, -0.25) is 4.99 Å². The summed E-state index contributed by atoms with van der Waals surface area (Å²) in [4.78, 5) is 15.8. The standard InChI is InChI=1S/C19H30N4O2.HI/c1-18(2,3)25-17(24)22-13-12-21-16(20-4)23-14-19(10-11-19)15-8-6-5-7-9-15;/h5-9H,10-14H2,1-4H3,(H,22,24)(H2,20,21,23);1H. The van der Waals surface area contributed by atoms with E-state index in [1.54, 1.807) is 7.05 Å². The number of alkyl carbamates (subject to hydrolysis) is 1. The highest BCUT2D eigenvalue weighted by atomic mass is 127. The van der Waals surface area contributed by atoms with Crippen LogP contribution in [0.1, 0.15) is 39.2 Å². The first-order valence-corrected chi connectivity index (χ1v) is 8.82. The first-order chi connectivity index (χ1) is 11.8. The molecule has 1 amide bonds. The Morgan fingerprint density at radius 3 is 2.27 bits per heavy atom. The number of rotatable bonds is 6. The third-order valence-corrected chi connectivity index (χ3v) is 4.14. The van der Waals surface area contributed by atoms with Gasteiger partial charge < -0.3 is 20.7 Å². The Morgan fingerprint density at radius 1 is 1.12 bits per heavy atom. The zero-order chi connectivity index (χ0) is 18.3. The van der Waals surface area contributed by atoms with Crippen molar-refractivity contribution in [3.05, 3.63) is 35.9 Å². The number of nitrogens with zero attached hydrogens (tertiary/aromatic N) is 1. The highest BCUT2D eigenvalue weighted by Gasteiger charge is 2.43. The van der Waals surface area contributed by atoms with Crippen LogP contribution in [-0.2, 0) is 10.2 Å². The van der Waals surface area contributed by atoms with Crippen molar-refractivity contribution < 1.29 is 9.53 Å². The van der Waals surface area contributed by atoms with E-state index in [4.69, 9.17) is 4.74 Å². The molecule has 1 aliphatic carbocycles. The van der Waals surface area contributed by atoms with Crippen LogP contribution in [0.25, 0.3) is 0 Å². The molecule has 7 heteroatoms. The molecule has 0 unspecified atom stereocenters. The van der Waals surface area contributed by atoms with E-state index in [0.717, 1.165) is 12.5 Å². The number of ether oxygens (including phenoxy) is 1. The predicted molar refractivity (Wildman–Crippen MR) is 116 cm³/mol. The number of benzene rings is 1. The Kier molecular flexibility index (Phi) is 8.66. The van der Waals surface area contributed by atoms with Crippen LogP contribution >= 0.6 is 24.0 Å². The Bertz CT molecular complexity index is 595. The van der Waals surface area contributed by atoms with Crippen molar-refractivity contribution >= 4 is 36.0 Å². The van der Waals surface area contributed by atoms with Crippen LogP contribution in [0.15, 0.2) is 35.3 Å². The molecule has 0 spiro atoms. The predicted octanol–water partition coefficient (Wildman–Crippen LogP) is 3.03. The number of guanidine groups is 1. The van der Waals surface area contributed by atoms with E-state index in [2.05, 4.69) is 45.2 Å². The minimum atomic E-state index is -0.481. The Balaban J connectivity index is 0.00000338. The molecule has 1 aromatic carbocycles. The van der Waals surface area contributed by atoms with Crippen molar-refractivity contribution in [1.82, 2.24) is 16.0 Å². The molecule has 3 N–H and O–H groups in total. The number of halogens is 1. The van der Waals surface area contributed by atoms with Gasteiger partial charge in [0, 0.05) is 32.1 Å². The fraction of sp³-hybridized carbons (Fsp3) is 0.579. The molecule has 2 rings (SSSR count). The van der Waals surface area contributed by atoms with Crippen LogP contribution in [-0.4, -0.2) is 44.3 Å². The lowest BCUT2D eigenvalue weighted by Gasteiger charge is -2.20. The van der Waals surface area contributed by atoms with E-state index in [1.165, 1.54) is 18.4 Å². The third kappa shape index (κ3) is 7.39. The molecule has 0 heterocycles. The Labute approximate surface area is 173 Å². The highest BCUT2D eigenvalue weighted by molar-refractivity contribution is 14.0. The van der Waals surface area contributed by atoms with E-state index in [0.29, 0.717) is 13.1 Å². The number of hydrogen-bond donors (Lipinski definition) is 3. The van der Waals surface area contributed by atoms with Crippen molar-refractivity contribution in [3.8, 4) is 0 Å². The molecule has 0 radical (unpaired) electrons. The van der Waals surface area contributed by atoms with Gasteiger partial charge >= 0.3 is 6.09 Å². The second-order valence-corrected chi connectivity index (χ2v) is 7.43. The summed E-state index contributed by atoms with van der Waals surface area (Å²) in [5.74, 6) is 0.744. The first kappa shape index (κ1) is 22.5. The molecule has 0 atom stereocenters. The molecule has 146 valence electrons. The van der Waals surface area contributed by atoms with E-state index in [9.17, 15) is 4.79 Å². The van der Waals surface area contributed by atoms with Crippen molar-refractivity contribution in [2.45, 2.75) is 44.6 Å². The Morgan fingerprint density at radius 2 is 1.73 bits per heavy atom. The minimum Gasteiger partial charge on any atom is -0.444 e. The SMILES string of the molecule is CN=C(NCCNC(=O)OC(C)(C)C)NCC1(c2ccccc2)CC1.I. The molecule has 1 aromatic rings. The van der Waals surface area contributed by atoms with Gasteiger partial charge in [-0.05, 0) is 39.2 Å². The second-order valence-electron chi connectivity index (χ2n) is 7.43. The summed E-state index contributed by atoms with van der Waals surface area (Å²) >= 11 is 0. The van der Waals surface area contributed by atoms with Crippen molar-refractivity contribution in [2.75, 3.05) is 26.7 Å². The molecule has 0 aromatic heterocycles. The quantitative estimate of drug-likeness (QED) is 0.257. The zero-order valence-corrected chi connectivity index (χ0v) is 18.4. The fourth-order valence-electron chi connectivity index (χ4n) is 2.64. The molecule has 1 aliphatic rings. The maximum atomic E-state index is 11.6. The summed E-state index contributed by atoms with van der Waals surface area (Å²) in [5, 5.41) is 9.32. The smallest absolute Gasteiger partial charge is 0.407 e. The van der Waals surface area contributed by atoms with E-state index in [1.807, 2.05) is 26.8 Å². The molecular weight excluding hydrogens is 443 g/mol. The summed E-state index contributed by atoms with van der Waals surface area (Å²) in [6, 6.07) is 10.6. The largest absolute Gasteiger partial charge is 0.444 e. The zero-order valence-electron chi connectivity index (χ0n) is 16.1. The van der Waals surface area contributed by atoms with Gasteiger partial charge in [-0.2, -0.15) is 0 Å². The van der Waals surface area contributed by atoms with Crippen LogP contribution in [0.3, 0.4) is 0 Å².